The zero-order valence-corrected chi connectivity index (χ0v) is 33.1. The Morgan fingerprint density at radius 1 is 0.371 bits per heavy atom. The van der Waals surface area contributed by atoms with E-state index in [1.807, 2.05) is 24.3 Å². The fourth-order valence-electron chi connectivity index (χ4n) is 10.0. The topological polar surface area (TPSA) is 61.9 Å². The van der Waals surface area contributed by atoms with Gasteiger partial charge in [-0.3, -0.25) is 4.57 Å². The van der Waals surface area contributed by atoms with Gasteiger partial charge in [0.1, 0.15) is 22.3 Å². The first-order valence-corrected chi connectivity index (χ1v) is 20.9. The molecular formula is C56H32N4O2. The summed E-state index contributed by atoms with van der Waals surface area (Å²) in [6, 6.07) is 68.3. The third-order valence-corrected chi connectivity index (χ3v) is 12.7. The Kier molecular flexibility index (Phi) is 6.74. The van der Waals surface area contributed by atoms with Gasteiger partial charge in [0.05, 0.1) is 27.8 Å². The minimum absolute atomic E-state index is 0.572. The lowest BCUT2D eigenvalue weighted by Gasteiger charge is -2.13. The summed E-state index contributed by atoms with van der Waals surface area (Å²) in [6.45, 7) is 0. The standard InChI is InChI=1S/C56H32N4O2/c1-7-19-45-40(17-1)53(34-27-30-51-43(31-34)38-15-5-11-23-49(38)61-51)58-56(57-45)60-48-22-10-4-18-41(48)52-42(32-44-39-16-6-12-24-50(39)62-55(44)54(52)60)33-25-28-35(29-26-33)59-46-20-8-2-13-36(46)37-14-3-9-21-47(37)59/h1-32H. The van der Waals surface area contributed by atoms with Gasteiger partial charge in [0.25, 0.3) is 0 Å². The molecule has 6 heteroatoms. The maximum atomic E-state index is 6.89. The molecule has 14 aromatic rings. The maximum Gasteiger partial charge on any atom is 0.235 e. The second kappa shape index (κ2) is 12.5. The normalized spacial score (nSPS) is 12.2. The van der Waals surface area contributed by atoms with E-state index in [4.69, 9.17) is 18.8 Å². The molecule has 62 heavy (non-hydrogen) atoms. The van der Waals surface area contributed by atoms with Gasteiger partial charge in [-0.1, -0.05) is 121 Å². The van der Waals surface area contributed by atoms with E-state index in [0.29, 0.717) is 5.95 Å². The predicted octanol–water partition coefficient (Wildman–Crippen LogP) is 15.0. The van der Waals surface area contributed by atoms with Crippen molar-refractivity contribution in [3.63, 3.8) is 0 Å². The first kappa shape index (κ1) is 33.4. The fourth-order valence-corrected chi connectivity index (χ4v) is 10.0. The van der Waals surface area contributed by atoms with Crippen molar-refractivity contribution in [1.82, 2.24) is 19.1 Å². The second-order valence-corrected chi connectivity index (χ2v) is 16.1. The minimum atomic E-state index is 0.572. The van der Waals surface area contributed by atoms with Crippen molar-refractivity contribution >= 4 is 98.4 Å². The lowest BCUT2D eigenvalue weighted by molar-refractivity contribution is 0.669. The summed E-state index contributed by atoms with van der Waals surface area (Å²) in [6.07, 6.45) is 0. The molecule has 0 bridgehead atoms. The highest BCUT2D eigenvalue weighted by Gasteiger charge is 2.25. The highest BCUT2D eigenvalue weighted by molar-refractivity contribution is 6.26. The molecule has 288 valence electrons. The molecule has 6 nitrogen and oxygen atoms in total. The SMILES string of the molecule is c1ccc2c(-c3ccc4oc5ccccc5c4c3)nc(-n3c4ccccc4c4c(-c5ccc(-n6c7ccccc7c7ccccc76)cc5)cc5c6ccccc6oc5c43)nc2c1. The Hall–Kier alpha value is -8.48. The molecule has 0 amide bonds. The van der Waals surface area contributed by atoms with Crippen LogP contribution >= 0.6 is 0 Å². The summed E-state index contributed by atoms with van der Waals surface area (Å²) in [7, 11) is 0. The quantitative estimate of drug-likeness (QED) is 0.178. The predicted molar refractivity (Wildman–Crippen MR) is 254 cm³/mol. The molecule has 0 saturated heterocycles. The van der Waals surface area contributed by atoms with Gasteiger partial charge < -0.3 is 13.4 Å². The fraction of sp³-hybridized carbons (Fsp3) is 0. The monoisotopic (exact) mass is 792 g/mol. The van der Waals surface area contributed by atoms with Crippen molar-refractivity contribution in [1.29, 1.82) is 0 Å². The van der Waals surface area contributed by atoms with Crippen LogP contribution in [0.1, 0.15) is 0 Å². The third kappa shape index (κ3) is 4.63. The summed E-state index contributed by atoms with van der Waals surface area (Å²) < 4.78 is 17.7. The van der Waals surface area contributed by atoms with Gasteiger partial charge in [-0.2, -0.15) is 0 Å². The number of furan rings is 2. The number of hydrogen-bond donors (Lipinski definition) is 0. The largest absolute Gasteiger partial charge is 0.456 e. The molecular weight excluding hydrogens is 761 g/mol. The van der Waals surface area contributed by atoms with Crippen LogP contribution in [-0.4, -0.2) is 19.1 Å². The molecule has 5 aromatic heterocycles. The van der Waals surface area contributed by atoms with Crippen molar-refractivity contribution < 1.29 is 8.83 Å². The Labute approximate surface area is 353 Å². The molecule has 0 unspecified atom stereocenters. The molecule has 0 radical (unpaired) electrons. The Morgan fingerprint density at radius 2 is 0.919 bits per heavy atom. The molecule has 9 aromatic carbocycles. The molecule has 0 aliphatic carbocycles. The number of fused-ring (bicyclic) bond motifs is 14. The van der Waals surface area contributed by atoms with Crippen LogP contribution in [0, 0.1) is 0 Å². The number of benzene rings is 9. The van der Waals surface area contributed by atoms with Gasteiger partial charge in [0, 0.05) is 59.7 Å². The van der Waals surface area contributed by atoms with Gasteiger partial charge in [0.2, 0.25) is 5.95 Å². The van der Waals surface area contributed by atoms with E-state index >= 15 is 0 Å². The second-order valence-electron chi connectivity index (χ2n) is 16.1. The molecule has 5 heterocycles. The van der Waals surface area contributed by atoms with Crippen LogP contribution in [-0.2, 0) is 0 Å². The van der Waals surface area contributed by atoms with Crippen LogP contribution in [0.4, 0.5) is 0 Å². The van der Waals surface area contributed by atoms with Gasteiger partial charge in [0.15, 0.2) is 5.58 Å². The van der Waals surface area contributed by atoms with Crippen LogP contribution in [0.5, 0.6) is 0 Å². The average molecular weight is 793 g/mol. The smallest absolute Gasteiger partial charge is 0.235 e. The van der Waals surface area contributed by atoms with Gasteiger partial charge >= 0.3 is 0 Å². The molecule has 0 fully saturated rings. The van der Waals surface area contributed by atoms with E-state index < -0.39 is 0 Å². The van der Waals surface area contributed by atoms with Gasteiger partial charge in [-0.25, -0.2) is 9.97 Å². The highest BCUT2D eigenvalue weighted by Crippen LogP contribution is 2.46. The Bertz CT molecular complexity index is 4110. The lowest BCUT2D eigenvalue weighted by Crippen LogP contribution is -2.03. The molecule has 0 N–H and O–H groups in total. The lowest BCUT2D eigenvalue weighted by atomic mass is 9.96. The summed E-state index contributed by atoms with van der Waals surface area (Å²) in [5, 5.41) is 9.87. The van der Waals surface area contributed by atoms with Crippen LogP contribution < -0.4 is 0 Å². The average Bonchev–Trinajstić information content (AvgIpc) is 4.09. The first-order valence-electron chi connectivity index (χ1n) is 20.9. The van der Waals surface area contributed by atoms with Crippen molar-refractivity contribution in [2.24, 2.45) is 0 Å². The molecule has 14 rings (SSSR count). The minimum Gasteiger partial charge on any atom is -0.456 e. The van der Waals surface area contributed by atoms with Crippen LogP contribution in [0.2, 0.25) is 0 Å². The van der Waals surface area contributed by atoms with E-state index in [2.05, 4.69) is 179 Å². The molecule has 0 saturated carbocycles. The zero-order valence-electron chi connectivity index (χ0n) is 33.1. The Balaban J connectivity index is 1.05. The highest BCUT2D eigenvalue weighted by atomic mass is 16.3. The number of para-hydroxylation sites is 6. The van der Waals surface area contributed by atoms with Crippen LogP contribution in [0.3, 0.4) is 0 Å². The number of hydrogen-bond acceptors (Lipinski definition) is 4. The molecule has 0 aliphatic rings. The number of aromatic nitrogens is 4. The van der Waals surface area contributed by atoms with E-state index in [9.17, 15) is 0 Å². The summed E-state index contributed by atoms with van der Waals surface area (Å²) in [5.74, 6) is 0.572. The first-order chi connectivity index (χ1) is 30.7. The van der Waals surface area contributed by atoms with Gasteiger partial charge in [-0.15, -0.1) is 0 Å². The van der Waals surface area contributed by atoms with E-state index in [1.165, 1.54) is 21.8 Å². The van der Waals surface area contributed by atoms with Crippen LogP contribution in [0.25, 0.3) is 132 Å². The number of rotatable bonds is 4. The maximum absolute atomic E-state index is 6.89. The van der Waals surface area contributed by atoms with E-state index in [-0.39, 0.29) is 0 Å². The van der Waals surface area contributed by atoms with Gasteiger partial charge in [-0.05, 0) is 83.9 Å². The third-order valence-electron chi connectivity index (χ3n) is 12.7. The van der Waals surface area contributed by atoms with Crippen molar-refractivity contribution in [3.05, 3.63) is 194 Å². The van der Waals surface area contributed by atoms with E-state index in [0.717, 1.165) is 105 Å². The van der Waals surface area contributed by atoms with Crippen LogP contribution in [0.15, 0.2) is 203 Å². The summed E-state index contributed by atoms with van der Waals surface area (Å²) in [5.41, 5.74) is 13.7. The Morgan fingerprint density at radius 3 is 1.65 bits per heavy atom. The summed E-state index contributed by atoms with van der Waals surface area (Å²) >= 11 is 0. The van der Waals surface area contributed by atoms with E-state index in [1.54, 1.807) is 0 Å². The van der Waals surface area contributed by atoms with Crippen molar-refractivity contribution in [2.75, 3.05) is 0 Å². The number of nitrogens with zero attached hydrogens (tertiary/aromatic N) is 4. The molecule has 0 aliphatic heterocycles. The van der Waals surface area contributed by atoms with Crippen molar-refractivity contribution in [2.45, 2.75) is 0 Å². The summed E-state index contributed by atoms with van der Waals surface area (Å²) in [4.78, 5) is 10.9. The molecule has 0 spiro atoms. The molecule has 0 atom stereocenters. The zero-order chi connectivity index (χ0) is 40.5. The van der Waals surface area contributed by atoms with Crippen molar-refractivity contribution in [3.8, 4) is 34.0 Å².